The number of amides is 1. The minimum Gasteiger partial charge on any atom is -0.465 e. The highest BCUT2D eigenvalue weighted by Gasteiger charge is 2.38. The third kappa shape index (κ3) is 3.35. The van der Waals surface area contributed by atoms with Gasteiger partial charge in [-0.25, -0.2) is 0 Å². The molecule has 0 aromatic rings. The maximum Gasteiger partial charge on any atom is 0.325 e. The summed E-state index contributed by atoms with van der Waals surface area (Å²) in [5.41, 5.74) is 0. The molecule has 0 bridgehead atoms. The zero-order chi connectivity index (χ0) is 12.3. The minimum atomic E-state index is -0.307. The standard InChI is InChI=1S/C11H18N2O3S/c1-2-16-10(14)5-13(8-3-4-8)11(15)9-6-17-7-12-9/h8-9,12H,2-7H2,1H3. The topological polar surface area (TPSA) is 58.6 Å². The largest absolute Gasteiger partial charge is 0.465 e. The molecule has 1 unspecified atom stereocenters. The summed E-state index contributed by atoms with van der Waals surface area (Å²) in [7, 11) is 0. The number of nitrogens with zero attached hydrogens (tertiary/aromatic N) is 1. The minimum absolute atomic E-state index is 0.0468. The first kappa shape index (κ1) is 12.7. The van der Waals surface area contributed by atoms with E-state index < -0.39 is 0 Å². The van der Waals surface area contributed by atoms with Gasteiger partial charge < -0.3 is 9.64 Å². The van der Waals surface area contributed by atoms with Crippen LogP contribution in [0.15, 0.2) is 0 Å². The number of rotatable bonds is 5. The second kappa shape index (κ2) is 5.73. The Bertz CT molecular complexity index is 301. The number of thioether (sulfide) groups is 1. The lowest BCUT2D eigenvalue weighted by Gasteiger charge is -2.24. The fourth-order valence-corrected chi connectivity index (χ4v) is 2.81. The first-order valence-electron chi connectivity index (χ1n) is 5.99. The van der Waals surface area contributed by atoms with Crippen LogP contribution in [0.1, 0.15) is 19.8 Å². The summed E-state index contributed by atoms with van der Waals surface area (Å²) >= 11 is 1.71. The molecule has 1 aliphatic heterocycles. The summed E-state index contributed by atoms with van der Waals surface area (Å²) in [5, 5.41) is 3.14. The molecule has 0 aromatic heterocycles. The molecule has 0 spiro atoms. The first-order valence-corrected chi connectivity index (χ1v) is 7.15. The number of carbonyl (C=O) groups is 2. The molecular weight excluding hydrogens is 240 g/mol. The molecule has 17 heavy (non-hydrogen) atoms. The Morgan fingerprint density at radius 3 is 2.76 bits per heavy atom. The van der Waals surface area contributed by atoms with Crippen molar-refractivity contribution < 1.29 is 14.3 Å². The third-order valence-corrected chi connectivity index (χ3v) is 3.83. The van der Waals surface area contributed by atoms with Crippen molar-refractivity contribution >= 4 is 23.6 Å². The molecule has 1 aliphatic carbocycles. The lowest BCUT2D eigenvalue weighted by molar-refractivity contribution is -0.149. The number of carbonyl (C=O) groups excluding carboxylic acids is 2. The van der Waals surface area contributed by atoms with Crippen LogP contribution in [0.4, 0.5) is 0 Å². The van der Waals surface area contributed by atoms with E-state index in [2.05, 4.69) is 5.32 Å². The van der Waals surface area contributed by atoms with Gasteiger partial charge >= 0.3 is 5.97 Å². The van der Waals surface area contributed by atoms with Crippen molar-refractivity contribution in [2.24, 2.45) is 0 Å². The molecular formula is C11H18N2O3S. The molecule has 96 valence electrons. The van der Waals surface area contributed by atoms with Crippen LogP contribution in [-0.2, 0) is 14.3 Å². The summed E-state index contributed by atoms with van der Waals surface area (Å²) in [5.74, 6) is 1.35. The van der Waals surface area contributed by atoms with Gasteiger partial charge in [-0.05, 0) is 19.8 Å². The number of hydrogen-bond donors (Lipinski definition) is 1. The molecule has 2 aliphatic rings. The van der Waals surface area contributed by atoms with Gasteiger partial charge in [-0.1, -0.05) is 0 Å². The number of esters is 1. The summed E-state index contributed by atoms with van der Waals surface area (Å²) in [6, 6.07) is 0.120. The highest BCUT2D eigenvalue weighted by molar-refractivity contribution is 7.99. The van der Waals surface area contributed by atoms with Crippen molar-refractivity contribution in [2.45, 2.75) is 31.8 Å². The highest BCUT2D eigenvalue weighted by atomic mass is 32.2. The molecule has 5 nitrogen and oxygen atoms in total. The first-order chi connectivity index (χ1) is 8.22. The van der Waals surface area contributed by atoms with Crippen LogP contribution in [0.3, 0.4) is 0 Å². The number of ether oxygens (including phenoxy) is 1. The van der Waals surface area contributed by atoms with Crippen molar-refractivity contribution in [2.75, 3.05) is 24.8 Å². The Balaban J connectivity index is 1.91. The zero-order valence-corrected chi connectivity index (χ0v) is 10.8. The normalized spacial score (nSPS) is 23.5. The van der Waals surface area contributed by atoms with Crippen molar-refractivity contribution in [3.63, 3.8) is 0 Å². The lowest BCUT2D eigenvalue weighted by Crippen LogP contribution is -2.48. The van der Waals surface area contributed by atoms with Crippen LogP contribution in [0.25, 0.3) is 0 Å². The Morgan fingerprint density at radius 1 is 1.47 bits per heavy atom. The third-order valence-electron chi connectivity index (χ3n) is 2.89. The van der Waals surface area contributed by atoms with Gasteiger partial charge in [0, 0.05) is 17.7 Å². The van der Waals surface area contributed by atoms with E-state index in [4.69, 9.17) is 4.74 Å². The predicted octanol–water partition coefficient (Wildman–Crippen LogP) is 0.203. The molecule has 0 aromatic carbocycles. The van der Waals surface area contributed by atoms with Crippen LogP contribution in [0.5, 0.6) is 0 Å². The van der Waals surface area contributed by atoms with E-state index in [0.29, 0.717) is 6.61 Å². The maximum atomic E-state index is 12.2. The quantitative estimate of drug-likeness (QED) is 0.714. The van der Waals surface area contributed by atoms with Gasteiger partial charge in [0.1, 0.15) is 6.54 Å². The molecule has 2 rings (SSSR count). The molecule has 1 atom stereocenters. The van der Waals surface area contributed by atoms with Gasteiger partial charge in [-0.3, -0.25) is 14.9 Å². The number of hydrogen-bond acceptors (Lipinski definition) is 5. The number of nitrogens with one attached hydrogen (secondary N) is 1. The maximum absolute atomic E-state index is 12.2. The Kier molecular flexibility index (Phi) is 4.28. The molecule has 0 radical (unpaired) electrons. The molecule has 1 heterocycles. The Labute approximate surface area is 105 Å². The van der Waals surface area contributed by atoms with Gasteiger partial charge in [0.2, 0.25) is 5.91 Å². The molecule has 1 amide bonds. The molecule has 1 N–H and O–H groups in total. The van der Waals surface area contributed by atoms with Crippen molar-refractivity contribution in [3.05, 3.63) is 0 Å². The van der Waals surface area contributed by atoms with Crippen LogP contribution in [0, 0.1) is 0 Å². The fraction of sp³-hybridized carbons (Fsp3) is 0.818. The average Bonchev–Trinajstić information content (AvgIpc) is 3.00. The molecule has 1 saturated heterocycles. The summed E-state index contributed by atoms with van der Waals surface area (Å²) in [6.45, 7) is 2.24. The van der Waals surface area contributed by atoms with Crippen LogP contribution in [-0.4, -0.2) is 53.6 Å². The van der Waals surface area contributed by atoms with Crippen molar-refractivity contribution in [1.29, 1.82) is 0 Å². The Hall–Kier alpha value is -0.750. The van der Waals surface area contributed by atoms with E-state index in [1.54, 1.807) is 23.6 Å². The van der Waals surface area contributed by atoms with E-state index in [-0.39, 0.29) is 30.5 Å². The predicted molar refractivity (Wildman–Crippen MR) is 65.6 cm³/mol. The van der Waals surface area contributed by atoms with Gasteiger partial charge in [-0.2, -0.15) is 0 Å². The Morgan fingerprint density at radius 2 is 2.24 bits per heavy atom. The summed E-state index contributed by atoms with van der Waals surface area (Å²) in [6.07, 6.45) is 2.01. The van der Waals surface area contributed by atoms with E-state index in [9.17, 15) is 9.59 Å². The van der Waals surface area contributed by atoms with Gasteiger partial charge in [0.15, 0.2) is 0 Å². The SMILES string of the molecule is CCOC(=O)CN(C(=O)C1CSCN1)C1CC1. The second-order valence-corrected chi connectivity index (χ2v) is 5.30. The van der Waals surface area contributed by atoms with Crippen molar-refractivity contribution in [3.8, 4) is 0 Å². The highest BCUT2D eigenvalue weighted by Crippen LogP contribution is 2.28. The average molecular weight is 258 g/mol. The van der Waals surface area contributed by atoms with Crippen LogP contribution < -0.4 is 5.32 Å². The van der Waals surface area contributed by atoms with Crippen LogP contribution in [0.2, 0.25) is 0 Å². The molecule has 2 fully saturated rings. The van der Waals surface area contributed by atoms with Gasteiger partial charge in [0.25, 0.3) is 0 Å². The summed E-state index contributed by atoms with van der Waals surface area (Å²) in [4.78, 5) is 25.4. The summed E-state index contributed by atoms with van der Waals surface area (Å²) < 4.78 is 4.90. The second-order valence-electron chi connectivity index (χ2n) is 4.27. The lowest BCUT2D eigenvalue weighted by atomic mass is 10.2. The van der Waals surface area contributed by atoms with E-state index in [0.717, 1.165) is 24.5 Å². The van der Waals surface area contributed by atoms with Crippen LogP contribution >= 0.6 is 11.8 Å². The van der Waals surface area contributed by atoms with E-state index in [1.165, 1.54) is 0 Å². The zero-order valence-electron chi connectivity index (χ0n) is 9.98. The molecule has 1 saturated carbocycles. The molecule has 6 heteroatoms. The monoisotopic (exact) mass is 258 g/mol. The smallest absolute Gasteiger partial charge is 0.325 e. The van der Waals surface area contributed by atoms with Gasteiger partial charge in [-0.15, -0.1) is 11.8 Å². The van der Waals surface area contributed by atoms with Gasteiger partial charge in [0.05, 0.1) is 12.6 Å². The van der Waals surface area contributed by atoms with E-state index in [1.807, 2.05) is 0 Å². The fourth-order valence-electron chi connectivity index (χ4n) is 1.87. The van der Waals surface area contributed by atoms with E-state index >= 15 is 0 Å². The van der Waals surface area contributed by atoms with Crippen molar-refractivity contribution in [1.82, 2.24) is 10.2 Å².